The largest absolute Gasteiger partial charge is 0.469 e. The van der Waals surface area contributed by atoms with Gasteiger partial charge in [-0.3, -0.25) is 4.40 Å². The van der Waals surface area contributed by atoms with Crippen LogP contribution in [-0.2, 0) is 0 Å². The van der Waals surface area contributed by atoms with E-state index in [4.69, 9.17) is 4.74 Å². The van der Waals surface area contributed by atoms with Crippen LogP contribution in [0.25, 0.3) is 16.9 Å². The van der Waals surface area contributed by atoms with E-state index in [9.17, 15) is 5.26 Å². The maximum Gasteiger partial charge on any atom is 0.201 e. The second-order valence-corrected chi connectivity index (χ2v) is 7.87. The lowest BCUT2D eigenvalue weighted by atomic mass is 10.1. The zero-order valence-corrected chi connectivity index (χ0v) is 17.9. The number of hydrogen-bond acceptors (Lipinski definition) is 8. The molecule has 0 aliphatic carbocycles. The lowest BCUT2D eigenvalue weighted by Crippen LogP contribution is -2.30. The van der Waals surface area contributed by atoms with Gasteiger partial charge in [0.05, 0.1) is 23.6 Å². The van der Waals surface area contributed by atoms with Gasteiger partial charge in [-0.25, -0.2) is 19.6 Å². The zero-order valence-electron chi connectivity index (χ0n) is 17.9. The van der Waals surface area contributed by atoms with Crippen LogP contribution in [0.2, 0.25) is 0 Å². The summed E-state index contributed by atoms with van der Waals surface area (Å²) in [4.78, 5) is 12.7. The van der Waals surface area contributed by atoms with Crippen LogP contribution in [0, 0.1) is 18.3 Å². The number of rotatable bonds is 5. The molecule has 1 saturated heterocycles. The molecule has 1 aliphatic rings. The van der Waals surface area contributed by atoms with Gasteiger partial charge in [-0.05, 0) is 51.9 Å². The third-order valence-electron chi connectivity index (χ3n) is 5.86. The molecule has 5 heterocycles. The van der Waals surface area contributed by atoms with E-state index in [0.717, 1.165) is 48.6 Å². The number of pyridine rings is 1. The van der Waals surface area contributed by atoms with Crippen LogP contribution in [0.1, 0.15) is 49.0 Å². The van der Waals surface area contributed by atoms with E-state index < -0.39 is 0 Å². The summed E-state index contributed by atoms with van der Waals surface area (Å²) in [5, 5.41) is 21.9. The van der Waals surface area contributed by atoms with E-state index in [0.29, 0.717) is 23.3 Å². The van der Waals surface area contributed by atoms with Gasteiger partial charge in [0.25, 0.3) is 0 Å². The van der Waals surface area contributed by atoms with Crippen LogP contribution in [0.3, 0.4) is 0 Å². The SMILES string of the molecule is Cc1c(-c2cc(O[C@H](C)c3ccncn3)n3c(C#N)cnc3c2)nnn1C1CCNCC1. The van der Waals surface area contributed by atoms with Crippen molar-refractivity contribution in [3.63, 3.8) is 0 Å². The van der Waals surface area contributed by atoms with Gasteiger partial charge in [0, 0.05) is 17.8 Å². The molecule has 4 aromatic rings. The Morgan fingerprint density at radius 1 is 1.25 bits per heavy atom. The van der Waals surface area contributed by atoms with Gasteiger partial charge in [-0.15, -0.1) is 5.10 Å². The molecule has 0 saturated carbocycles. The fraction of sp³-hybridized carbons (Fsp3) is 0.364. The molecule has 10 heteroatoms. The van der Waals surface area contributed by atoms with Gasteiger partial charge >= 0.3 is 0 Å². The molecule has 0 spiro atoms. The highest BCUT2D eigenvalue weighted by atomic mass is 16.5. The molecule has 0 aromatic carbocycles. The molecule has 1 aliphatic heterocycles. The van der Waals surface area contributed by atoms with Crippen molar-refractivity contribution in [3.05, 3.63) is 54.0 Å². The number of piperidine rings is 1. The van der Waals surface area contributed by atoms with Crippen molar-refractivity contribution in [1.82, 2.24) is 39.7 Å². The van der Waals surface area contributed by atoms with Crippen LogP contribution in [0.4, 0.5) is 0 Å². The first kappa shape index (κ1) is 20.1. The first-order chi connectivity index (χ1) is 15.7. The van der Waals surface area contributed by atoms with Crippen molar-refractivity contribution in [1.29, 1.82) is 5.26 Å². The Bertz CT molecular complexity index is 1280. The lowest BCUT2D eigenvalue weighted by molar-refractivity contribution is 0.209. The van der Waals surface area contributed by atoms with E-state index >= 15 is 0 Å². The van der Waals surface area contributed by atoms with E-state index in [1.165, 1.54) is 6.33 Å². The third kappa shape index (κ3) is 3.56. The molecule has 5 rings (SSSR count). The molecule has 0 unspecified atom stereocenters. The second kappa shape index (κ2) is 8.36. The van der Waals surface area contributed by atoms with Gasteiger partial charge in [0.1, 0.15) is 35.5 Å². The minimum Gasteiger partial charge on any atom is -0.469 e. The van der Waals surface area contributed by atoms with Gasteiger partial charge in [-0.2, -0.15) is 5.26 Å². The maximum atomic E-state index is 9.56. The molecule has 0 amide bonds. The third-order valence-corrected chi connectivity index (χ3v) is 5.86. The Kier molecular flexibility index (Phi) is 5.25. The smallest absolute Gasteiger partial charge is 0.201 e. The van der Waals surface area contributed by atoms with E-state index in [2.05, 4.69) is 36.7 Å². The highest BCUT2D eigenvalue weighted by Crippen LogP contribution is 2.32. The fourth-order valence-corrected chi connectivity index (χ4v) is 4.17. The number of imidazole rings is 1. The summed E-state index contributed by atoms with van der Waals surface area (Å²) < 4.78 is 9.98. The number of nitrogens with zero attached hydrogens (tertiary/aromatic N) is 8. The number of nitrogens with one attached hydrogen (secondary N) is 1. The molecule has 1 fully saturated rings. The quantitative estimate of drug-likeness (QED) is 0.514. The summed E-state index contributed by atoms with van der Waals surface area (Å²) in [6, 6.07) is 8.12. The Morgan fingerprint density at radius 2 is 2.09 bits per heavy atom. The molecule has 0 radical (unpaired) electrons. The van der Waals surface area contributed by atoms with Gasteiger partial charge in [0.2, 0.25) is 5.88 Å². The van der Waals surface area contributed by atoms with Crippen LogP contribution in [0.5, 0.6) is 5.88 Å². The van der Waals surface area contributed by atoms with Gasteiger partial charge in [0.15, 0.2) is 0 Å². The standard InChI is InChI=1S/C22H23N9O/c1-14-22(28-29-31(14)17-3-6-24-7-4-17)16-9-20-26-12-18(11-23)30(20)21(10-16)32-15(2)19-5-8-25-13-27-19/h5,8-10,12-13,15,17,24H,3-4,6-7H2,1-2H3/t15-/m1/s1. The van der Waals surface area contributed by atoms with Crippen molar-refractivity contribution >= 4 is 5.65 Å². The van der Waals surface area contributed by atoms with E-state index in [1.807, 2.05) is 30.7 Å². The predicted octanol–water partition coefficient (Wildman–Crippen LogP) is 2.63. The molecule has 4 aromatic heterocycles. The molecule has 1 atom stereocenters. The molecule has 10 nitrogen and oxygen atoms in total. The molecular formula is C22H23N9O. The first-order valence-electron chi connectivity index (χ1n) is 10.6. The van der Waals surface area contributed by atoms with Gasteiger partial charge in [-0.1, -0.05) is 5.21 Å². The summed E-state index contributed by atoms with van der Waals surface area (Å²) in [7, 11) is 0. The summed E-state index contributed by atoms with van der Waals surface area (Å²) in [5.41, 5.74) is 4.38. The highest BCUT2D eigenvalue weighted by molar-refractivity contribution is 5.68. The first-order valence-corrected chi connectivity index (χ1v) is 10.6. The average Bonchev–Trinajstić information content (AvgIpc) is 3.43. The average molecular weight is 429 g/mol. The van der Waals surface area contributed by atoms with Crippen LogP contribution in [0.15, 0.2) is 36.9 Å². The maximum absolute atomic E-state index is 9.56. The summed E-state index contributed by atoms with van der Waals surface area (Å²) in [5.74, 6) is 0.494. The van der Waals surface area contributed by atoms with Crippen molar-refractivity contribution in [2.45, 2.75) is 38.8 Å². The van der Waals surface area contributed by atoms with Crippen LogP contribution >= 0.6 is 0 Å². The van der Waals surface area contributed by atoms with Gasteiger partial charge < -0.3 is 10.1 Å². The Hall–Kier alpha value is -3.84. The minimum atomic E-state index is -0.350. The number of hydrogen-bond donors (Lipinski definition) is 1. The highest BCUT2D eigenvalue weighted by Gasteiger charge is 2.22. The fourth-order valence-electron chi connectivity index (χ4n) is 4.17. The molecule has 1 N–H and O–H groups in total. The summed E-state index contributed by atoms with van der Waals surface area (Å²) >= 11 is 0. The number of nitriles is 1. The monoisotopic (exact) mass is 429 g/mol. The van der Waals surface area contributed by atoms with Crippen molar-refractivity contribution in [2.24, 2.45) is 0 Å². The van der Waals surface area contributed by atoms with Crippen molar-refractivity contribution in [2.75, 3.05) is 13.1 Å². The molecule has 162 valence electrons. The van der Waals surface area contributed by atoms with Crippen molar-refractivity contribution < 1.29 is 4.74 Å². The topological polar surface area (TPSA) is 119 Å². The van der Waals surface area contributed by atoms with Crippen molar-refractivity contribution in [3.8, 4) is 23.2 Å². The van der Waals surface area contributed by atoms with Crippen LogP contribution < -0.4 is 10.1 Å². The minimum absolute atomic E-state index is 0.339. The number of ether oxygens (including phenoxy) is 1. The number of aromatic nitrogens is 7. The van der Waals surface area contributed by atoms with E-state index in [1.54, 1.807) is 22.9 Å². The van der Waals surface area contributed by atoms with E-state index in [-0.39, 0.29) is 6.10 Å². The Labute approximate surface area is 184 Å². The lowest BCUT2D eigenvalue weighted by Gasteiger charge is -2.23. The zero-order chi connectivity index (χ0) is 22.1. The summed E-state index contributed by atoms with van der Waals surface area (Å²) in [6.45, 7) is 5.91. The summed E-state index contributed by atoms with van der Waals surface area (Å²) in [6.07, 6.45) is 6.41. The molecule has 32 heavy (non-hydrogen) atoms. The number of fused-ring (bicyclic) bond motifs is 1. The van der Waals surface area contributed by atoms with Crippen LogP contribution in [-0.4, -0.2) is 47.4 Å². The Balaban J connectivity index is 1.57. The predicted molar refractivity (Wildman–Crippen MR) is 116 cm³/mol. The normalized spacial score (nSPS) is 15.5. The Morgan fingerprint density at radius 3 is 2.84 bits per heavy atom. The second-order valence-electron chi connectivity index (χ2n) is 7.87. The molecular weight excluding hydrogens is 406 g/mol. The molecule has 0 bridgehead atoms.